The standard InChI is InChI=1S/C20H24N2O2/c1-14(17-8-5-4-6-9-17)13-21-20(24)15(2)22-19-11-7-10-18(12-19)16(3)23/h4-12,14-15,22H,13H2,1-3H3,(H,21,24)/t14-,15-/m1/s1. The fraction of sp³-hybridized carbons (Fsp3) is 0.300. The van der Waals surface area contributed by atoms with Gasteiger partial charge in [0.1, 0.15) is 6.04 Å². The molecular weight excluding hydrogens is 300 g/mol. The molecule has 0 aliphatic carbocycles. The summed E-state index contributed by atoms with van der Waals surface area (Å²) in [5.41, 5.74) is 2.60. The van der Waals surface area contributed by atoms with Crippen LogP contribution < -0.4 is 10.6 Å². The summed E-state index contributed by atoms with van der Waals surface area (Å²) in [5, 5.41) is 6.11. The highest BCUT2D eigenvalue weighted by Gasteiger charge is 2.14. The number of amides is 1. The average Bonchev–Trinajstić information content (AvgIpc) is 2.60. The molecule has 2 rings (SSSR count). The van der Waals surface area contributed by atoms with Gasteiger partial charge in [-0.15, -0.1) is 0 Å². The summed E-state index contributed by atoms with van der Waals surface area (Å²) in [4.78, 5) is 23.7. The number of ketones is 1. The summed E-state index contributed by atoms with van der Waals surface area (Å²) < 4.78 is 0. The first-order valence-corrected chi connectivity index (χ1v) is 8.17. The summed E-state index contributed by atoms with van der Waals surface area (Å²) >= 11 is 0. The lowest BCUT2D eigenvalue weighted by atomic mass is 10.0. The van der Waals surface area contributed by atoms with Crippen molar-refractivity contribution in [2.45, 2.75) is 32.7 Å². The second-order valence-corrected chi connectivity index (χ2v) is 6.06. The molecule has 2 aromatic carbocycles. The Bertz CT molecular complexity index is 698. The van der Waals surface area contributed by atoms with E-state index in [2.05, 4.69) is 29.7 Å². The van der Waals surface area contributed by atoms with E-state index >= 15 is 0 Å². The van der Waals surface area contributed by atoms with Gasteiger partial charge in [-0.1, -0.05) is 49.4 Å². The first-order chi connectivity index (χ1) is 11.5. The molecule has 0 saturated carbocycles. The molecule has 0 unspecified atom stereocenters. The van der Waals surface area contributed by atoms with E-state index < -0.39 is 0 Å². The zero-order chi connectivity index (χ0) is 17.5. The molecule has 4 heteroatoms. The predicted octanol–water partition coefficient (Wildman–Crippen LogP) is 3.61. The maximum absolute atomic E-state index is 12.3. The molecule has 0 aliphatic heterocycles. The molecule has 2 atom stereocenters. The Kier molecular flexibility index (Phi) is 6.13. The molecule has 0 fully saturated rings. The van der Waals surface area contributed by atoms with E-state index in [9.17, 15) is 9.59 Å². The van der Waals surface area contributed by atoms with E-state index in [1.54, 1.807) is 18.2 Å². The highest BCUT2D eigenvalue weighted by molar-refractivity contribution is 5.95. The van der Waals surface area contributed by atoms with Gasteiger partial charge in [-0.2, -0.15) is 0 Å². The second kappa shape index (κ2) is 8.29. The maximum Gasteiger partial charge on any atom is 0.242 e. The van der Waals surface area contributed by atoms with Crippen LogP contribution in [-0.4, -0.2) is 24.3 Å². The van der Waals surface area contributed by atoms with Gasteiger partial charge in [0.15, 0.2) is 5.78 Å². The minimum atomic E-state index is -0.379. The number of hydrogen-bond donors (Lipinski definition) is 2. The van der Waals surface area contributed by atoms with Crippen LogP contribution in [0.3, 0.4) is 0 Å². The molecule has 0 radical (unpaired) electrons. The SMILES string of the molecule is CC(=O)c1cccc(N[C@H](C)C(=O)NC[C@@H](C)c2ccccc2)c1. The second-order valence-electron chi connectivity index (χ2n) is 6.06. The molecule has 24 heavy (non-hydrogen) atoms. The van der Waals surface area contributed by atoms with E-state index in [1.165, 1.54) is 12.5 Å². The Morgan fingerprint density at radius 2 is 1.71 bits per heavy atom. The van der Waals surface area contributed by atoms with Crippen LogP contribution in [0.5, 0.6) is 0 Å². The van der Waals surface area contributed by atoms with Gasteiger partial charge in [-0.05, 0) is 37.5 Å². The Morgan fingerprint density at radius 3 is 2.38 bits per heavy atom. The molecule has 2 N–H and O–H groups in total. The van der Waals surface area contributed by atoms with Crippen LogP contribution in [0.15, 0.2) is 54.6 Å². The van der Waals surface area contributed by atoms with E-state index in [0.717, 1.165) is 5.69 Å². The monoisotopic (exact) mass is 324 g/mol. The van der Waals surface area contributed by atoms with Crippen molar-refractivity contribution in [3.8, 4) is 0 Å². The lowest BCUT2D eigenvalue weighted by molar-refractivity contribution is -0.121. The van der Waals surface area contributed by atoms with Crippen LogP contribution in [0.25, 0.3) is 0 Å². The van der Waals surface area contributed by atoms with Gasteiger partial charge in [-0.25, -0.2) is 0 Å². The maximum atomic E-state index is 12.3. The Labute approximate surface area is 143 Å². The number of benzene rings is 2. The topological polar surface area (TPSA) is 58.2 Å². The van der Waals surface area contributed by atoms with E-state index in [4.69, 9.17) is 0 Å². The highest BCUT2D eigenvalue weighted by atomic mass is 16.2. The summed E-state index contributed by atoms with van der Waals surface area (Å²) in [6, 6.07) is 16.9. The third-order valence-electron chi connectivity index (χ3n) is 4.00. The fourth-order valence-electron chi connectivity index (χ4n) is 2.45. The van der Waals surface area contributed by atoms with Crippen molar-refractivity contribution in [1.29, 1.82) is 0 Å². The van der Waals surface area contributed by atoms with Crippen LogP contribution in [0, 0.1) is 0 Å². The first-order valence-electron chi connectivity index (χ1n) is 8.17. The Hall–Kier alpha value is -2.62. The highest BCUT2D eigenvalue weighted by Crippen LogP contribution is 2.14. The number of hydrogen-bond acceptors (Lipinski definition) is 3. The minimum absolute atomic E-state index is 0.00689. The number of rotatable bonds is 7. The molecular formula is C20H24N2O2. The molecule has 0 spiro atoms. The largest absolute Gasteiger partial charge is 0.374 e. The number of nitrogens with one attached hydrogen (secondary N) is 2. The van der Waals surface area contributed by atoms with Crippen LogP contribution in [0.2, 0.25) is 0 Å². The van der Waals surface area contributed by atoms with Crippen molar-refractivity contribution in [3.63, 3.8) is 0 Å². The predicted molar refractivity (Wildman–Crippen MR) is 97.4 cm³/mol. The van der Waals surface area contributed by atoms with Crippen molar-refractivity contribution >= 4 is 17.4 Å². The number of anilines is 1. The van der Waals surface area contributed by atoms with E-state index in [-0.39, 0.29) is 23.7 Å². The van der Waals surface area contributed by atoms with Crippen molar-refractivity contribution in [2.24, 2.45) is 0 Å². The zero-order valence-corrected chi connectivity index (χ0v) is 14.4. The third kappa shape index (κ3) is 4.95. The van der Waals surface area contributed by atoms with Gasteiger partial charge in [0.05, 0.1) is 0 Å². The van der Waals surface area contributed by atoms with Crippen molar-refractivity contribution in [3.05, 3.63) is 65.7 Å². The normalized spacial score (nSPS) is 13.0. The molecule has 0 saturated heterocycles. The molecule has 2 aromatic rings. The third-order valence-corrected chi connectivity index (χ3v) is 4.00. The molecule has 1 amide bonds. The van der Waals surface area contributed by atoms with Gasteiger partial charge in [-0.3, -0.25) is 9.59 Å². The average molecular weight is 324 g/mol. The summed E-state index contributed by atoms with van der Waals surface area (Å²) in [5.74, 6) is 0.196. The molecule has 0 aromatic heterocycles. The Morgan fingerprint density at radius 1 is 1.00 bits per heavy atom. The number of carbonyl (C=O) groups is 2. The zero-order valence-electron chi connectivity index (χ0n) is 14.4. The van der Waals surface area contributed by atoms with Gasteiger partial charge < -0.3 is 10.6 Å². The lowest BCUT2D eigenvalue weighted by Crippen LogP contribution is -2.39. The summed E-state index contributed by atoms with van der Waals surface area (Å²) in [7, 11) is 0. The molecule has 126 valence electrons. The van der Waals surface area contributed by atoms with Crippen LogP contribution >= 0.6 is 0 Å². The Balaban J connectivity index is 1.88. The lowest BCUT2D eigenvalue weighted by Gasteiger charge is -2.18. The van der Waals surface area contributed by atoms with E-state index in [0.29, 0.717) is 12.1 Å². The van der Waals surface area contributed by atoms with Crippen molar-refractivity contribution in [1.82, 2.24) is 5.32 Å². The molecule has 0 heterocycles. The van der Waals surface area contributed by atoms with E-state index in [1.807, 2.05) is 31.2 Å². The van der Waals surface area contributed by atoms with Crippen molar-refractivity contribution < 1.29 is 9.59 Å². The van der Waals surface area contributed by atoms with Crippen LogP contribution in [0.1, 0.15) is 42.6 Å². The van der Waals surface area contributed by atoms with Gasteiger partial charge in [0.25, 0.3) is 0 Å². The smallest absolute Gasteiger partial charge is 0.242 e. The quantitative estimate of drug-likeness (QED) is 0.765. The molecule has 4 nitrogen and oxygen atoms in total. The fourth-order valence-corrected chi connectivity index (χ4v) is 2.45. The molecule has 0 bridgehead atoms. The first kappa shape index (κ1) is 17.7. The number of carbonyl (C=O) groups excluding carboxylic acids is 2. The molecule has 0 aliphatic rings. The van der Waals surface area contributed by atoms with Gasteiger partial charge >= 0.3 is 0 Å². The van der Waals surface area contributed by atoms with Gasteiger partial charge in [0, 0.05) is 17.8 Å². The minimum Gasteiger partial charge on any atom is -0.374 e. The summed E-state index contributed by atoms with van der Waals surface area (Å²) in [6.07, 6.45) is 0. The van der Waals surface area contributed by atoms with Crippen LogP contribution in [0.4, 0.5) is 5.69 Å². The van der Waals surface area contributed by atoms with Gasteiger partial charge in [0.2, 0.25) is 5.91 Å². The number of Topliss-reactive ketones (excluding diaryl/α,β-unsaturated/α-hetero) is 1. The summed E-state index contributed by atoms with van der Waals surface area (Å²) in [6.45, 7) is 6.01. The van der Waals surface area contributed by atoms with Crippen LogP contribution in [-0.2, 0) is 4.79 Å². The van der Waals surface area contributed by atoms with Crippen molar-refractivity contribution in [2.75, 3.05) is 11.9 Å².